The Hall–Kier alpha value is -4.16. The lowest BCUT2D eigenvalue weighted by atomic mass is 9.82. The van der Waals surface area contributed by atoms with Crippen molar-refractivity contribution in [2.75, 3.05) is 24.5 Å². The number of fused-ring (bicyclic) bond motifs is 4. The molecule has 0 aliphatic carbocycles. The first-order valence-electron chi connectivity index (χ1n) is 13.8. The van der Waals surface area contributed by atoms with Crippen LogP contribution in [0.1, 0.15) is 35.2 Å². The van der Waals surface area contributed by atoms with Crippen LogP contribution in [0.3, 0.4) is 0 Å². The Labute approximate surface area is 228 Å². The van der Waals surface area contributed by atoms with E-state index in [0.717, 1.165) is 85.0 Å². The van der Waals surface area contributed by atoms with E-state index in [-0.39, 0.29) is 6.04 Å². The van der Waals surface area contributed by atoms with Gasteiger partial charge in [-0.05, 0) is 79.7 Å². The van der Waals surface area contributed by atoms with Crippen molar-refractivity contribution in [2.45, 2.75) is 31.8 Å². The topological polar surface area (TPSA) is 65.8 Å². The number of rotatable bonds is 8. The molecule has 4 heterocycles. The first-order valence-corrected chi connectivity index (χ1v) is 13.8. The lowest BCUT2D eigenvalue weighted by Gasteiger charge is -2.48. The molecular formula is C33H33N3O3. The van der Waals surface area contributed by atoms with Gasteiger partial charge in [-0.2, -0.15) is 0 Å². The first-order chi connectivity index (χ1) is 19.1. The van der Waals surface area contributed by atoms with Crippen LogP contribution >= 0.6 is 0 Å². The summed E-state index contributed by atoms with van der Waals surface area (Å²) in [6.07, 6.45) is 9.22. The molecule has 3 fully saturated rings. The number of carbonyl (C=O) groups excluding carboxylic acids is 1. The number of carboxylic acid groups (broad SMARTS) is 1. The summed E-state index contributed by atoms with van der Waals surface area (Å²) >= 11 is 0. The quantitative estimate of drug-likeness (QED) is 0.260. The van der Waals surface area contributed by atoms with E-state index in [1.54, 1.807) is 4.90 Å². The second-order valence-corrected chi connectivity index (χ2v) is 10.6. The van der Waals surface area contributed by atoms with E-state index < -0.39 is 6.09 Å². The Bertz CT molecular complexity index is 1520. The summed E-state index contributed by atoms with van der Waals surface area (Å²) < 4.78 is 2.19. The van der Waals surface area contributed by atoms with E-state index in [9.17, 15) is 14.7 Å². The van der Waals surface area contributed by atoms with Crippen LogP contribution in [0.5, 0.6) is 0 Å². The first kappa shape index (κ1) is 25.1. The highest BCUT2D eigenvalue weighted by Gasteiger charge is 2.40. The van der Waals surface area contributed by atoms with Crippen LogP contribution in [0, 0.1) is 5.92 Å². The van der Waals surface area contributed by atoms with Crippen molar-refractivity contribution in [1.82, 2.24) is 9.47 Å². The highest BCUT2D eigenvalue weighted by Crippen LogP contribution is 2.39. The van der Waals surface area contributed by atoms with Crippen molar-refractivity contribution in [2.24, 2.45) is 5.92 Å². The maximum Gasteiger partial charge on any atom is 0.412 e. The third-order valence-electron chi connectivity index (χ3n) is 8.30. The van der Waals surface area contributed by atoms with Gasteiger partial charge >= 0.3 is 6.09 Å². The monoisotopic (exact) mass is 519 g/mol. The Balaban J connectivity index is 1.27. The van der Waals surface area contributed by atoms with Crippen LogP contribution in [-0.4, -0.2) is 52.6 Å². The molecule has 1 N–H and O–H groups in total. The van der Waals surface area contributed by atoms with Crippen LogP contribution in [0.2, 0.25) is 0 Å². The molecule has 6 heteroatoms. The van der Waals surface area contributed by atoms with Crippen molar-refractivity contribution in [1.29, 1.82) is 0 Å². The van der Waals surface area contributed by atoms with Gasteiger partial charge in [0.25, 0.3) is 0 Å². The molecule has 0 radical (unpaired) electrons. The van der Waals surface area contributed by atoms with Crippen molar-refractivity contribution in [3.05, 3.63) is 96.2 Å². The van der Waals surface area contributed by atoms with Gasteiger partial charge in [-0.3, -0.25) is 9.69 Å². The zero-order valence-corrected chi connectivity index (χ0v) is 21.9. The summed E-state index contributed by atoms with van der Waals surface area (Å²) in [5, 5.41) is 11.5. The van der Waals surface area contributed by atoms with Crippen molar-refractivity contribution >= 4 is 35.0 Å². The summed E-state index contributed by atoms with van der Waals surface area (Å²) in [5.41, 5.74) is 5.51. The lowest BCUT2D eigenvalue weighted by molar-refractivity contribution is 0.0838. The highest BCUT2D eigenvalue weighted by molar-refractivity contribution is 5.94. The van der Waals surface area contributed by atoms with Gasteiger partial charge in [-0.15, -0.1) is 0 Å². The molecule has 6 nitrogen and oxygen atoms in total. The SMILES string of the molecule is O=Cc1ccc2c(ccn2CCC=Cc2ccc(-c3ccccc3)c(N(C(=O)O)[C@H]3CN4CCC3CC4)c2)c1. The normalized spacial score (nSPS) is 20.5. The molecule has 3 aliphatic heterocycles. The second kappa shape index (κ2) is 10.9. The number of amides is 1. The van der Waals surface area contributed by atoms with Crippen LogP contribution in [-0.2, 0) is 6.54 Å². The number of piperidine rings is 3. The van der Waals surface area contributed by atoms with Gasteiger partial charge in [0.1, 0.15) is 6.29 Å². The average Bonchev–Trinajstić information content (AvgIpc) is 3.38. The molecule has 1 aromatic heterocycles. The third-order valence-corrected chi connectivity index (χ3v) is 8.30. The molecule has 39 heavy (non-hydrogen) atoms. The number of aldehydes is 1. The third kappa shape index (κ3) is 5.12. The maximum absolute atomic E-state index is 12.8. The number of carbonyl (C=O) groups is 2. The number of hydrogen-bond donors (Lipinski definition) is 1. The molecule has 3 aliphatic rings. The van der Waals surface area contributed by atoms with Gasteiger partial charge in [0.2, 0.25) is 0 Å². The minimum absolute atomic E-state index is 0.0338. The molecule has 1 amide bonds. The van der Waals surface area contributed by atoms with Gasteiger partial charge < -0.3 is 14.6 Å². The predicted molar refractivity (Wildman–Crippen MR) is 156 cm³/mol. The number of nitrogens with zero attached hydrogens (tertiary/aromatic N) is 3. The molecule has 0 unspecified atom stereocenters. The smallest absolute Gasteiger partial charge is 0.412 e. The van der Waals surface area contributed by atoms with E-state index in [1.807, 2.05) is 60.7 Å². The van der Waals surface area contributed by atoms with E-state index in [0.29, 0.717) is 11.5 Å². The summed E-state index contributed by atoms with van der Waals surface area (Å²) in [4.78, 5) is 27.9. The molecule has 3 aromatic carbocycles. The van der Waals surface area contributed by atoms with Gasteiger partial charge in [-0.1, -0.05) is 54.6 Å². The van der Waals surface area contributed by atoms with Gasteiger partial charge in [-0.25, -0.2) is 4.79 Å². The fourth-order valence-electron chi connectivity index (χ4n) is 6.28. The van der Waals surface area contributed by atoms with Gasteiger partial charge in [0, 0.05) is 41.3 Å². The molecule has 3 saturated heterocycles. The molecule has 0 spiro atoms. The summed E-state index contributed by atoms with van der Waals surface area (Å²) in [5.74, 6) is 0.396. The Morgan fingerprint density at radius 1 is 0.974 bits per heavy atom. The van der Waals surface area contributed by atoms with E-state index in [2.05, 4.69) is 39.9 Å². The number of aromatic nitrogens is 1. The zero-order valence-electron chi connectivity index (χ0n) is 21.9. The van der Waals surface area contributed by atoms with Crippen molar-refractivity contribution < 1.29 is 14.7 Å². The van der Waals surface area contributed by atoms with E-state index >= 15 is 0 Å². The van der Waals surface area contributed by atoms with Gasteiger partial charge in [0.05, 0.1) is 11.7 Å². The molecular weight excluding hydrogens is 486 g/mol. The predicted octanol–water partition coefficient (Wildman–Crippen LogP) is 6.80. The standard InChI is InChI=1S/C33H33N3O3/c37-23-25-10-12-30-28(20-25)15-19-35(30)16-5-4-6-24-9-11-29(26-7-2-1-3-8-26)31(21-24)36(33(38)39)32-22-34-17-13-27(32)14-18-34/h1-4,6-12,15,19-21,23,27,32H,5,13-14,16-18,22H2,(H,38,39)/t32-/m0/s1. The van der Waals surface area contributed by atoms with E-state index in [4.69, 9.17) is 0 Å². The zero-order chi connectivity index (χ0) is 26.8. The molecule has 7 rings (SSSR count). The fraction of sp³-hybridized carbons (Fsp3) is 0.273. The molecule has 0 saturated carbocycles. The van der Waals surface area contributed by atoms with Crippen LogP contribution < -0.4 is 4.90 Å². The summed E-state index contributed by atoms with van der Waals surface area (Å²) in [6, 6.07) is 24.0. The fourth-order valence-corrected chi connectivity index (χ4v) is 6.28. The van der Waals surface area contributed by atoms with Crippen LogP contribution in [0.25, 0.3) is 28.1 Å². The second-order valence-electron chi connectivity index (χ2n) is 10.6. The lowest BCUT2D eigenvalue weighted by Crippen LogP contribution is -2.59. The Morgan fingerprint density at radius 2 is 1.77 bits per heavy atom. The van der Waals surface area contributed by atoms with Crippen LogP contribution in [0.15, 0.2) is 85.1 Å². The molecule has 1 atom stereocenters. The van der Waals surface area contributed by atoms with Gasteiger partial charge in [0.15, 0.2) is 0 Å². The summed E-state index contributed by atoms with van der Waals surface area (Å²) in [6.45, 7) is 3.75. The highest BCUT2D eigenvalue weighted by atomic mass is 16.4. The maximum atomic E-state index is 12.8. The minimum atomic E-state index is -0.885. The minimum Gasteiger partial charge on any atom is -0.465 e. The summed E-state index contributed by atoms with van der Waals surface area (Å²) in [7, 11) is 0. The number of aryl methyl sites for hydroxylation is 1. The number of anilines is 1. The largest absolute Gasteiger partial charge is 0.465 e. The molecule has 4 aromatic rings. The number of allylic oxidation sites excluding steroid dienone is 1. The van der Waals surface area contributed by atoms with Crippen molar-refractivity contribution in [3.63, 3.8) is 0 Å². The number of hydrogen-bond acceptors (Lipinski definition) is 3. The number of benzene rings is 3. The molecule has 2 bridgehead atoms. The van der Waals surface area contributed by atoms with Crippen molar-refractivity contribution in [3.8, 4) is 11.1 Å². The van der Waals surface area contributed by atoms with E-state index in [1.165, 1.54) is 0 Å². The molecule has 198 valence electrons. The Kier molecular flexibility index (Phi) is 7.03. The van der Waals surface area contributed by atoms with Crippen LogP contribution in [0.4, 0.5) is 10.5 Å². The Morgan fingerprint density at radius 3 is 2.49 bits per heavy atom. The average molecular weight is 520 g/mol.